The normalized spacial score (nSPS) is 51.4. The Bertz CT molecular complexity index is 768. The van der Waals surface area contributed by atoms with Crippen LogP contribution in [0.2, 0.25) is 0 Å². The Balaban J connectivity index is 1.63. The average molecular weight is 405 g/mol. The highest BCUT2D eigenvalue weighted by Crippen LogP contribution is 2.67. The van der Waals surface area contributed by atoms with E-state index in [1.807, 2.05) is 25.7 Å². The van der Waals surface area contributed by atoms with Gasteiger partial charge in [-0.1, -0.05) is 27.2 Å². The molecule has 4 saturated heterocycles. The van der Waals surface area contributed by atoms with E-state index in [1.54, 1.807) is 0 Å². The molecule has 7 heteroatoms. The second kappa shape index (κ2) is 6.19. The third-order valence-corrected chi connectivity index (χ3v) is 8.78. The lowest BCUT2D eigenvalue weighted by Gasteiger charge is -2.55. The minimum Gasteiger partial charge on any atom is -0.461 e. The monoisotopic (exact) mass is 405 g/mol. The van der Waals surface area contributed by atoms with Crippen molar-refractivity contribution in [3.8, 4) is 0 Å². The van der Waals surface area contributed by atoms with E-state index in [-0.39, 0.29) is 41.6 Å². The first-order valence-corrected chi connectivity index (χ1v) is 11.2. The van der Waals surface area contributed by atoms with Gasteiger partial charge >= 0.3 is 11.9 Å². The number of esters is 2. The number of aliphatic hydroxyl groups is 1. The summed E-state index contributed by atoms with van der Waals surface area (Å²) in [7, 11) is 0. The van der Waals surface area contributed by atoms with E-state index in [4.69, 9.17) is 9.47 Å². The zero-order valence-electron chi connectivity index (χ0n) is 17.4. The number of fused-ring (bicyclic) bond motifs is 3. The fourth-order valence-corrected chi connectivity index (χ4v) is 7.53. The zero-order chi connectivity index (χ0) is 20.7. The van der Waals surface area contributed by atoms with Gasteiger partial charge in [-0.3, -0.25) is 14.4 Å². The van der Waals surface area contributed by atoms with Crippen molar-refractivity contribution in [1.82, 2.24) is 4.90 Å². The molecule has 5 fully saturated rings. The third kappa shape index (κ3) is 2.20. The largest absolute Gasteiger partial charge is 0.461 e. The summed E-state index contributed by atoms with van der Waals surface area (Å²) in [5.41, 5.74) is -2.22. The number of hydrogen-bond donors (Lipinski definition) is 1. The molecular formula is C22H31NO6. The second-order valence-corrected chi connectivity index (χ2v) is 9.97. The maximum Gasteiger partial charge on any atom is 0.309 e. The summed E-state index contributed by atoms with van der Waals surface area (Å²) < 4.78 is 11.4. The van der Waals surface area contributed by atoms with Crippen LogP contribution in [0.15, 0.2) is 0 Å². The van der Waals surface area contributed by atoms with Crippen molar-refractivity contribution in [3.63, 3.8) is 0 Å². The number of carbonyl (C=O) groups is 3. The summed E-state index contributed by atoms with van der Waals surface area (Å²) in [6.07, 6.45) is 3.14. The summed E-state index contributed by atoms with van der Waals surface area (Å²) in [5, 5.41) is 12.3. The Morgan fingerprint density at radius 2 is 1.90 bits per heavy atom. The number of piperidine rings is 1. The van der Waals surface area contributed by atoms with Crippen molar-refractivity contribution in [2.45, 2.75) is 83.1 Å². The zero-order valence-corrected chi connectivity index (χ0v) is 17.4. The third-order valence-electron chi connectivity index (χ3n) is 8.78. The molecule has 5 aliphatic rings. The number of ether oxygens (including phenoxy) is 2. The molecule has 0 aromatic carbocycles. The standard InChI is InChI=1S/C22H31NO6/c1-4-13-17-16(12(3)19(25)29-17)22(27)10-14(15-9-11(2)18(24)28-15)23-8-6-5-7-21(13,22)20(23)26/h11-17,27H,4-10H2,1-3H3/t11-,12+,13-,14-,15-,16+,17+,21-,22-/m0/s1. The summed E-state index contributed by atoms with van der Waals surface area (Å²) in [4.78, 5) is 40.4. The van der Waals surface area contributed by atoms with Crippen LogP contribution < -0.4 is 0 Å². The van der Waals surface area contributed by atoms with Crippen molar-refractivity contribution in [1.29, 1.82) is 0 Å². The van der Waals surface area contributed by atoms with E-state index in [9.17, 15) is 19.5 Å². The average Bonchev–Trinajstić information content (AvgIpc) is 3.19. The maximum atomic E-state index is 14.0. The van der Waals surface area contributed by atoms with E-state index >= 15 is 0 Å². The van der Waals surface area contributed by atoms with Gasteiger partial charge < -0.3 is 19.5 Å². The first-order valence-electron chi connectivity index (χ1n) is 11.2. The van der Waals surface area contributed by atoms with Crippen LogP contribution in [0.25, 0.3) is 0 Å². The second-order valence-electron chi connectivity index (χ2n) is 9.97. The molecule has 0 unspecified atom stereocenters. The number of amides is 1. The van der Waals surface area contributed by atoms with E-state index in [1.165, 1.54) is 0 Å². The molecule has 2 bridgehead atoms. The van der Waals surface area contributed by atoms with Gasteiger partial charge in [0.05, 0.1) is 28.9 Å². The highest BCUT2D eigenvalue weighted by Gasteiger charge is 2.78. The van der Waals surface area contributed by atoms with E-state index in [0.29, 0.717) is 32.2 Å². The first-order chi connectivity index (χ1) is 13.8. The molecule has 1 spiro atoms. The van der Waals surface area contributed by atoms with Crippen molar-refractivity contribution in [2.75, 3.05) is 6.54 Å². The van der Waals surface area contributed by atoms with Gasteiger partial charge in [0.25, 0.3) is 0 Å². The molecule has 9 atom stereocenters. The van der Waals surface area contributed by atoms with E-state index in [2.05, 4.69) is 0 Å². The van der Waals surface area contributed by atoms with Gasteiger partial charge in [-0.2, -0.15) is 0 Å². The molecule has 1 amide bonds. The van der Waals surface area contributed by atoms with Crippen LogP contribution in [0.1, 0.15) is 59.3 Å². The molecule has 4 aliphatic heterocycles. The minimum atomic E-state index is -1.31. The highest BCUT2D eigenvalue weighted by molar-refractivity contribution is 5.89. The van der Waals surface area contributed by atoms with Crippen LogP contribution in [0, 0.1) is 29.1 Å². The Kier molecular flexibility index (Phi) is 4.13. The lowest BCUT2D eigenvalue weighted by molar-refractivity contribution is -0.200. The van der Waals surface area contributed by atoms with Gasteiger partial charge in [0.2, 0.25) is 5.91 Å². The Morgan fingerprint density at radius 3 is 2.55 bits per heavy atom. The molecule has 5 rings (SSSR count). The van der Waals surface area contributed by atoms with Gasteiger partial charge in [-0.05, 0) is 25.7 Å². The Labute approximate surface area is 171 Å². The molecule has 1 N–H and O–H groups in total. The number of nitrogens with zero attached hydrogens (tertiary/aromatic N) is 1. The maximum absolute atomic E-state index is 14.0. The molecule has 29 heavy (non-hydrogen) atoms. The van der Waals surface area contributed by atoms with Crippen LogP contribution in [-0.2, 0) is 23.9 Å². The van der Waals surface area contributed by atoms with Crippen molar-refractivity contribution < 1.29 is 29.0 Å². The molecule has 7 nitrogen and oxygen atoms in total. The number of carbonyl (C=O) groups excluding carboxylic acids is 3. The SMILES string of the molecule is CC[C@H]1[C@H]2OC(=O)[C@H](C)[C@H]2[C@@]2(O)C[C@@H]([C@@H]3C[C@H](C)C(=O)O3)N3CCCC[C@@]12C3=O. The van der Waals surface area contributed by atoms with Crippen LogP contribution in [-0.4, -0.2) is 58.2 Å². The molecular weight excluding hydrogens is 374 g/mol. The highest BCUT2D eigenvalue weighted by atomic mass is 16.6. The van der Waals surface area contributed by atoms with Gasteiger partial charge in [0.1, 0.15) is 12.2 Å². The van der Waals surface area contributed by atoms with Crippen molar-refractivity contribution in [2.24, 2.45) is 29.1 Å². The van der Waals surface area contributed by atoms with Crippen LogP contribution in [0.3, 0.4) is 0 Å². The lowest BCUT2D eigenvalue weighted by Crippen LogP contribution is -2.69. The smallest absolute Gasteiger partial charge is 0.309 e. The summed E-state index contributed by atoms with van der Waals surface area (Å²) in [6.45, 7) is 6.31. The van der Waals surface area contributed by atoms with Crippen LogP contribution in [0.5, 0.6) is 0 Å². The summed E-state index contributed by atoms with van der Waals surface area (Å²) in [5.74, 6) is -1.72. The fourth-order valence-electron chi connectivity index (χ4n) is 7.53. The molecule has 0 aromatic rings. The molecule has 1 saturated carbocycles. The first kappa shape index (κ1) is 19.3. The number of rotatable bonds is 2. The molecule has 0 aromatic heterocycles. The number of cyclic esters (lactones) is 1. The summed E-state index contributed by atoms with van der Waals surface area (Å²) in [6, 6.07) is -0.341. The van der Waals surface area contributed by atoms with E-state index < -0.39 is 29.1 Å². The molecule has 0 radical (unpaired) electrons. The van der Waals surface area contributed by atoms with Gasteiger partial charge in [-0.15, -0.1) is 0 Å². The van der Waals surface area contributed by atoms with Crippen LogP contribution in [0.4, 0.5) is 0 Å². The molecule has 4 heterocycles. The quantitative estimate of drug-likeness (QED) is 0.703. The Morgan fingerprint density at radius 1 is 1.14 bits per heavy atom. The van der Waals surface area contributed by atoms with Crippen molar-refractivity contribution in [3.05, 3.63) is 0 Å². The Hall–Kier alpha value is -1.63. The molecule has 160 valence electrons. The number of hydrogen-bond acceptors (Lipinski definition) is 6. The van der Waals surface area contributed by atoms with Gasteiger partial charge in [-0.25, -0.2) is 0 Å². The van der Waals surface area contributed by atoms with Crippen LogP contribution >= 0.6 is 0 Å². The predicted octanol–water partition coefficient (Wildman–Crippen LogP) is 1.66. The minimum absolute atomic E-state index is 0.0196. The lowest BCUT2D eigenvalue weighted by atomic mass is 9.58. The summed E-state index contributed by atoms with van der Waals surface area (Å²) >= 11 is 0. The van der Waals surface area contributed by atoms with Gasteiger partial charge in [0.15, 0.2) is 0 Å². The fraction of sp³-hybridized carbons (Fsp3) is 0.864. The molecule has 1 aliphatic carbocycles. The van der Waals surface area contributed by atoms with Gasteiger partial charge in [0, 0.05) is 24.8 Å². The van der Waals surface area contributed by atoms with E-state index in [0.717, 1.165) is 12.8 Å². The topological polar surface area (TPSA) is 93.1 Å². The van der Waals surface area contributed by atoms with Crippen molar-refractivity contribution >= 4 is 17.8 Å². The predicted molar refractivity (Wildman–Crippen MR) is 101 cm³/mol.